The van der Waals surface area contributed by atoms with Crippen LogP contribution in [0.3, 0.4) is 0 Å². The summed E-state index contributed by atoms with van der Waals surface area (Å²) in [6.07, 6.45) is 0. The molecule has 0 radical (unpaired) electrons. The highest BCUT2D eigenvalue weighted by atomic mass is 32.1. The Morgan fingerprint density at radius 2 is 1.07 bits per heavy atom. The van der Waals surface area contributed by atoms with E-state index < -0.39 is 0 Å². The summed E-state index contributed by atoms with van der Waals surface area (Å²) in [7, 11) is 0. The molecule has 0 fully saturated rings. The Bertz CT molecular complexity index is 3460. The van der Waals surface area contributed by atoms with Gasteiger partial charge in [0.05, 0.1) is 11.0 Å². The van der Waals surface area contributed by atoms with Crippen LogP contribution < -0.4 is 0 Å². The Labute approximate surface area is 330 Å². The zero-order chi connectivity index (χ0) is 37.5. The predicted molar refractivity (Wildman–Crippen MR) is 236 cm³/mol. The number of furan rings is 1. The van der Waals surface area contributed by atoms with Crippen molar-refractivity contribution in [1.82, 2.24) is 19.5 Å². The Morgan fingerprint density at radius 1 is 0.439 bits per heavy atom. The van der Waals surface area contributed by atoms with E-state index in [-0.39, 0.29) is 0 Å². The van der Waals surface area contributed by atoms with E-state index in [0.717, 1.165) is 86.6 Å². The van der Waals surface area contributed by atoms with Gasteiger partial charge in [-0.3, -0.25) is 0 Å². The standard InChI is InChI=1S/C51H30N4OS/c1-4-15-31(16-5-1)49-52-50(32-17-6-2-7-18-32)54-51(53-49)41-30-33(29-40-45-44(57-48(40)41)28-27-39-37-22-11-13-26-43(37)56-47(39)45)35-23-14-24-38-36-21-10-12-25-42(36)55(46(35)38)34-19-8-3-9-20-34/h1-30H. The lowest BCUT2D eigenvalue weighted by molar-refractivity contribution is 0.673. The maximum absolute atomic E-state index is 6.73. The van der Waals surface area contributed by atoms with Gasteiger partial charge in [-0.05, 0) is 54.1 Å². The minimum absolute atomic E-state index is 0.623. The number of benzene rings is 8. The van der Waals surface area contributed by atoms with Gasteiger partial charge in [-0.15, -0.1) is 11.3 Å². The maximum Gasteiger partial charge on any atom is 0.165 e. The molecule has 0 saturated heterocycles. The minimum atomic E-state index is 0.623. The van der Waals surface area contributed by atoms with E-state index in [1.807, 2.05) is 42.5 Å². The second kappa shape index (κ2) is 12.6. The minimum Gasteiger partial charge on any atom is -0.455 e. The van der Waals surface area contributed by atoms with Gasteiger partial charge in [-0.1, -0.05) is 133 Å². The van der Waals surface area contributed by atoms with Gasteiger partial charge < -0.3 is 8.98 Å². The van der Waals surface area contributed by atoms with Crippen LogP contribution in [-0.4, -0.2) is 19.5 Å². The van der Waals surface area contributed by atoms with Crippen LogP contribution in [0.4, 0.5) is 0 Å². The molecule has 0 aliphatic heterocycles. The van der Waals surface area contributed by atoms with Gasteiger partial charge in [0.1, 0.15) is 11.2 Å². The van der Waals surface area contributed by atoms with Crippen molar-refractivity contribution in [3.8, 4) is 51.0 Å². The topological polar surface area (TPSA) is 56.7 Å². The molecule has 5 nitrogen and oxygen atoms in total. The van der Waals surface area contributed by atoms with E-state index in [2.05, 4.69) is 144 Å². The number of thiophene rings is 1. The number of rotatable bonds is 5. The summed E-state index contributed by atoms with van der Waals surface area (Å²) < 4.78 is 11.4. The van der Waals surface area contributed by atoms with Crippen LogP contribution in [0.1, 0.15) is 0 Å². The van der Waals surface area contributed by atoms with Gasteiger partial charge in [0.15, 0.2) is 17.5 Å². The van der Waals surface area contributed by atoms with Crippen LogP contribution in [-0.2, 0) is 0 Å². The average Bonchev–Trinajstić information content (AvgIpc) is 3.96. The second-order valence-electron chi connectivity index (χ2n) is 14.3. The molecule has 0 spiro atoms. The Morgan fingerprint density at radius 3 is 1.82 bits per heavy atom. The largest absolute Gasteiger partial charge is 0.455 e. The smallest absolute Gasteiger partial charge is 0.165 e. The summed E-state index contributed by atoms with van der Waals surface area (Å²) in [5.74, 6) is 1.88. The predicted octanol–water partition coefficient (Wildman–Crippen LogP) is 13.9. The second-order valence-corrected chi connectivity index (χ2v) is 15.4. The van der Waals surface area contributed by atoms with Crippen molar-refractivity contribution in [3.63, 3.8) is 0 Å². The first-order valence-corrected chi connectivity index (χ1v) is 19.8. The van der Waals surface area contributed by atoms with E-state index >= 15 is 0 Å². The van der Waals surface area contributed by atoms with Gasteiger partial charge in [-0.25, -0.2) is 15.0 Å². The molecule has 0 unspecified atom stereocenters. The van der Waals surface area contributed by atoms with Gasteiger partial charge >= 0.3 is 0 Å². The molecule has 0 aliphatic carbocycles. The van der Waals surface area contributed by atoms with Crippen molar-refractivity contribution in [3.05, 3.63) is 182 Å². The maximum atomic E-state index is 6.73. The summed E-state index contributed by atoms with van der Waals surface area (Å²) in [6, 6.07) is 63.7. The van der Waals surface area contributed by atoms with Gasteiger partial charge in [0.2, 0.25) is 0 Å². The molecule has 12 rings (SSSR count). The summed E-state index contributed by atoms with van der Waals surface area (Å²) in [6.45, 7) is 0. The highest BCUT2D eigenvalue weighted by Crippen LogP contribution is 2.48. The fraction of sp³-hybridized carbons (Fsp3) is 0. The number of fused-ring (bicyclic) bond motifs is 10. The van der Waals surface area contributed by atoms with Crippen molar-refractivity contribution in [2.24, 2.45) is 0 Å². The lowest BCUT2D eigenvalue weighted by atomic mass is 9.96. The Balaban J connectivity index is 1.23. The molecule has 0 aliphatic rings. The van der Waals surface area contributed by atoms with Crippen LogP contribution in [0.25, 0.3) is 115 Å². The van der Waals surface area contributed by atoms with Crippen molar-refractivity contribution in [2.75, 3.05) is 0 Å². The molecule has 0 saturated carbocycles. The summed E-state index contributed by atoms with van der Waals surface area (Å²) in [4.78, 5) is 15.6. The fourth-order valence-electron chi connectivity index (χ4n) is 8.49. The van der Waals surface area contributed by atoms with Crippen LogP contribution in [0.5, 0.6) is 0 Å². The first-order valence-electron chi connectivity index (χ1n) is 19.0. The molecule has 8 aromatic carbocycles. The molecular weight excluding hydrogens is 717 g/mol. The highest BCUT2D eigenvalue weighted by Gasteiger charge is 2.23. The molecule has 0 atom stereocenters. The summed E-state index contributed by atoms with van der Waals surface area (Å²) in [5, 5.41) is 6.83. The first-order chi connectivity index (χ1) is 28.3. The monoisotopic (exact) mass is 746 g/mol. The van der Waals surface area contributed by atoms with Crippen molar-refractivity contribution in [2.45, 2.75) is 0 Å². The molecule has 0 N–H and O–H groups in total. The Kier molecular flexibility index (Phi) is 7.03. The van der Waals surface area contributed by atoms with E-state index in [1.54, 1.807) is 11.3 Å². The van der Waals surface area contributed by atoms with Crippen molar-refractivity contribution >= 4 is 75.3 Å². The van der Waals surface area contributed by atoms with Crippen molar-refractivity contribution < 1.29 is 4.42 Å². The number of nitrogens with zero attached hydrogens (tertiary/aromatic N) is 4. The number of para-hydroxylation sites is 4. The first kappa shape index (κ1) is 31.9. The van der Waals surface area contributed by atoms with E-state index in [0.29, 0.717) is 17.5 Å². The lowest BCUT2D eigenvalue weighted by Gasteiger charge is -2.14. The number of hydrogen-bond donors (Lipinski definition) is 0. The molecular formula is C51H30N4OS. The van der Waals surface area contributed by atoms with E-state index in [1.165, 1.54) is 10.8 Å². The number of hydrogen-bond acceptors (Lipinski definition) is 5. The number of aromatic nitrogens is 4. The van der Waals surface area contributed by atoms with Crippen LogP contribution in [0, 0.1) is 0 Å². The fourth-order valence-corrected chi connectivity index (χ4v) is 9.68. The third-order valence-electron chi connectivity index (χ3n) is 11.0. The normalized spacial score (nSPS) is 11.9. The molecule has 0 bridgehead atoms. The third kappa shape index (κ3) is 4.98. The average molecular weight is 747 g/mol. The van der Waals surface area contributed by atoms with Crippen molar-refractivity contribution in [1.29, 1.82) is 0 Å². The lowest BCUT2D eigenvalue weighted by Crippen LogP contribution is -2.00. The van der Waals surface area contributed by atoms with Crippen LogP contribution in [0.15, 0.2) is 186 Å². The third-order valence-corrected chi connectivity index (χ3v) is 12.2. The Hall–Kier alpha value is -7.41. The van der Waals surface area contributed by atoms with E-state index in [4.69, 9.17) is 19.4 Å². The molecule has 4 heterocycles. The quantitative estimate of drug-likeness (QED) is 0.176. The molecule has 6 heteroatoms. The molecule has 12 aromatic rings. The zero-order valence-electron chi connectivity index (χ0n) is 30.4. The molecule has 0 amide bonds. The van der Waals surface area contributed by atoms with Crippen LogP contribution in [0.2, 0.25) is 0 Å². The van der Waals surface area contributed by atoms with Gasteiger partial charge in [-0.2, -0.15) is 0 Å². The SMILES string of the molecule is c1ccc(-c2nc(-c3ccccc3)nc(-c3cc(-c4cccc5c6ccccc6n(-c6ccccc6)c45)cc4c3sc3ccc5c6ccccc6oc5c34)n2)cc1. The van der Waals surface area contributed by atoms with Gasteiger partial charge in [0.25, 0.3) is 0 Å². The zero-order valence-corrected chi connectivity index (χ0v) is 31.2. The molecule has 57 heavy (non-hydrogen) atoms. The molecule has 266 valence electrons. The van der Waals surface area contributed by atoms with E-state index in [9.17, 15) is 0 Å². The summed E-state index contributed by atoms with van der Waals surface area (Å²) in [5.41, 5.74) is 10.2. The van der Waals surface area contributed by atoms with Gasteiger partial charge in [0, 0.05) is 69.7 Å². The molecule has 4 aromatic heterocycles. The highest BCUT2D eigenvalue weighted by molar-refractivity contribution is 7.26. The van der Waals surface area contributed by atoms with Crippen LogP contribution >= 0.6 is 11.3 Å². The summed E-state index contributed by atoms with van der Waals surface area (Å²) >= 11 is 1.76.